The highest BCUT2D eigenvalue weighted by Crippen LogP contribution is 2.18. The number of carboxylic acids is 1. The Kier molecular flexibility index (Phi) is 7.33. The van der Waals surface area contributed by atoms with E-state index in [0.29, 0.717) is 12.1 Å². The first-order valence-electron chi connectivity index (χ1n) is 7.58. The molecule has 2 atom stereocenters. The topological polar surface area (TPSA) is 49.3 Å². The van der Waals surface area contributed by atoms with Crippen LogP contribution in [0.1, 0.15) is 71.6 Å². The van der Waals surface area contributed by atoms with Crippen LogP contribution in [0.15, 0.2) is 0 Å². The van der Waals surface area contributed by atoms with Crippen LogP contribution in [-0.4, -0.2) is 23.2 Å². The molecule has 18 heavy (non-hydrogen) atoms. The Balaban J connectivity index is 2.12. The molecule has 3 nitrogen and oxygen atoms in total. The molecular weight excluding hydrogens is 226 g/mol. The van der Waals surface area contributed by atoms with Crippen molar-refractivity contribution in [2.45, 2.75) is 83.7 Å². The van der Waals surface area contributed by atoms with Crippen LogP contribution in [0.5, 0.6) is 0 Å². The van der Waals surface area contributed by atoms with Gasteiger partial charge in [0, 0.05) is 12.1 Å². The number of nitrogens with one attached hydrogen (secondary N) is 1. The Morgan fingerprint density at radius 1 is 1.17 bits per heavy atom. The second kappa shape index (κ2) is 8.52. The Morgan fingerprint density at radius 3 is 2.33 bits per heavy atom. The molecule has 0 aromatic carbocycles. The summed E-state index contributed by atoms with van der Waals surface area (Å²) in [5.74, 6) is -0.866. The molecule has 1 aliphatic carbocycles. The molecule has 0 spiro atoms. The molecule has 0 aromatic heterocycles. The molecule has 0 saturated heterocycles. The highest BCUT2D eigenvalue weighted by Gasteiger charge is 2.15. The van der Waals surface area contributed by atoms with E-state index in [2.05, 4.69) is 12.2 Å². The fraction of sp³-hybridized carbons (Fsp3) is 0.933. The van der Waals surface area contributed by atoms with Gasteiger partial charge in [-0.15, -0.1) is 0 Å². The fourth-order valence-electron chi connectivity index (χ4n) is 2.79. The Morgan fingerprint density at radius 2 is 1.78 bits per heavy atom. The molecule has 1 fully saturated rings. The SMILES string of the molecule is CC(CCCC(C)C(=O)O)NC1CCCCCC1. The molecule has 1 rings (SSSR count). The zero-order valence-electron chi connectivity index (χ0n) is 12.0. The first-order chi connectivity index (χ1) is 8.59. The maximum absolute atomic E-state index is 10.7. The number of aliphatic carboxylic acids is 1. The quantitative estimate of drug-likeness (QED) is 0.684. The van der Waals surface area contributed by atoms with Gasteiger partial charge in [0.15, 0.2) is 0 Å². The molecule has 0 aliphatic heterocycles. The van der Waals surface area contributed by atoms with Crippen LogP contribution in [-0.2, 0) is 4.79 Å². The maximum Gasteiger partial charge on any atom is 0.306 e. The summed E-state index contributed by atoms with van der Waals surface area (Å²) in [6.45, 7) is 4.03. The predicted molar refractivity (Wildman–Crippen MR) is 74.7 cm³/mol. The third kappa shape index (κ3) is 6.39. The van der Waals surface area contributed by atoms with Crippen LogP contribution in [0.3, 0.4) is 0 Å². The van der Waals surface area contributed by atoms with E-state index in [-0.39, 0.29) is 5.92 Å². The summed E-state index contributed by atoms with van der Waals surface area (Å²) in [4.78, 5) is 10.7. The number of carbonyl (C=O) groups is 1. The van der Waals surface area contributed by atoms with Crippen LogP contribution < -0.4 is 5.32 Å². The summed E-state index contributed by atoms with van der Waals surface area (Å²) < 4.78 is 0. The van der Waals surface area contributed by atoms with Crippen LogP contribution in [0, 0.1) is 5.92 Å². The van der Waals surface area contributed by atoms with Gasteiger partial charge in [0.05, 0.1) is 5.92 Å². The summed E-state index contributed by atoms with van der Waals surface area (Å²) in [5.41, 5.74) is 0. The Bertz CT molecular complexity index is 235. The minimum absolute atomic E-state index is 0.199. The summed E-state index contributed by atoms with van der Waals surface area (Å²) in [6, 6.07) is 1.22. The van der Waals surface area contributed by atoms with E-state index < -0.39 is 5.97 Å². The fourth-order valence-corrected chi connectivity index (χ4v) is 2.79. The first-order valence-corrected chi connectivity index (χ1v) is 7.58. The Hall–Kier alpha value is -0.570. The molecular formula is C15H29NO2. The van der Waals surface area contributed by atoms with Gasteiger partial charge in [0.25, 0.3) is 0 Å². The lowest BCUT2D eigenvalue weighted by Crippen LogP contribution is -2.36. The van der Waals surface area contributed by atoms with Crippen molar-refractivity contribution in [3.05, 3.63) is 0 Å². The molecule has 0 heterocycles. The van der Waals surface area contributed by atoms with E-state index in [1.807, 2.05) is 0 Å². The number of carboxylic acid groups (broad SMARTS) is 1. The van der Waals surface area contributed by atoms with Gasteiger partial charge in [-0.3, -0.25) is 4.79 Å². The zero-order valence-corrected chi connectivity index (χ0v) is 12.0. The van der Waals surface area contributed by atoms with Crippen molar-refractivity contribution in [3.8, 4) is 0 Å². The molecule has 0 bridgehead atoms. The highest BCUT2D eigenvalue weighted by atomic mass is 16.4. The summed E-state index contributed by atoms with van der Waals surface area (Å²) in [6.07, 6.45) is 11.0. The molecule has 1 aliphatic rings. The minimum Gasteiger partial charge on any atom is -0.481 e. The summed E-state index contributed by atoms with van der Waals surface area (Å²) in [7, 11) is 0. The number of hydrogen-bond donors (Lipinski definition) is 2. The summed E-state index contributed by atoms with van der Waals surface area (Å²) >= 11 is 0. The molecule has 1 saturated carbocycles. The van der Waals surface area contributed by atoms with Crippen molar-refractivity contribution < 1.29 is 9.90 Å². The molecule has 2 unspecified atom stereocenters. The molecule has 3 heteroatoms. The highest BCUT2D eigenvalue weighted by molar-refractivity contribution is 5.69. The van der Waals surface area contributed by atoms with Gasteiger partial charge in [-0.05, 0) is 32.6 Å². The monoisotopic (exact) mass is 255 g/mol. The molecule has 0 aromatic rings. The third-order valence-electron chi connectivity index (χ3n) is 4.07. The van der Waals surface area contributed by atoms with E-state index in [1.165, 1.54) is 38.5 Å². The normalized spacial score (nSPS) is 21.2. The lowest BCUT2D eigenvalue weighted by Gasteiger charge is -2.22. The first kappa shape index (κ1) is 15.5. The number of rotatable bonds is 7. The maximum atomic E-state index is 10.7. The van der Waals surface area contributed by atoms with Crippen molar-refractivity contribution in [1.29, 1.82) is 0 Å². The number of hydrogen-bond acceptors (Lipinski definition) is 2. The van der Waals surface area contributed by atoms with Crippen LogP contribution in [0.4, 0.5) is 0 Å². The van der Waals surface area contributed by atoms with E-state index in [4.69, 9.17) is 5.11 Å². The van der Waals surface area contributed by atoms with Gasteiger partial charge in [-0.2, -0.15) is 0 Å². The van der Waals surface area contributed by atoms with E-state index >= 15 is 0 Å². The molecule has 2 N–H and O–H groups in total. The van der Waals surface area contributed by atoms with E-state index in [1.54, 1.807) is 6.92 Å². The van der Waals surface area contributed by atoms with Gasteiger partial charge >= 0.3 is 5.97 Å². The van der Waals surface area contributed by atoms with E-state index in [0.717, 1.165) is 19.3 Å². The van der Waals surface area contributed by atoms with Crippen molar-refractivity contribution in [3.63, 3.8) is 0 Å². The largest absolute Gasteiger partial charge is 0.481 e. The lowest BCUT2D eigenvalue weighted by atomic mass is 10.0. The molecule has 106 valence electrons. The van der Waals surface area contributed by atoms with Crippen molar-refractivity contribution >= 4 is 5.97 Å². The summed E-state index contributed by atoms with van der Waals surface area (Å²) in [5, 5.41) is 12.5. The van der Waals surface area contributed by atoms with Crippen molar-refractivity contribution in [1.82, 2.24) is 5.32 Å². The minimum atomic E-state index is -0.667. The van der Waals surface area contributed by atoms with Crippen LogP contribution >= 0.6 is 0 Å². The van der Waals surface area contributed by atoms with Gasteiger partial charge in [-0.25, -0.2) is 0 Å². The van der Waals surface area contributed by atoms with Gasteiger partial charge in [-0.1, -0.05) is 39.0 Å². The third-order valence-corrected chi connectivity index (χ3v) is 4.07. The Labute approximate surface area is 111 Å². The van der Waals surface area contributed by atoms with Crippen LogP contribution in [0.25, 0.3) is 0 Å². The van der Waals surface area contributed by atoms with Crippen molar-refractivity contribution in [2.75, 3.05) is 0 Å². The smallest absolute Gasteiger partial charge is 0.306 e. The standard InChI is InChI=1S/C15H29NO2/c1-12(15(17)18)8-7-9-13(2)16-14-10-5-3-4-6-11-14/h12-14,16H,3-11H2,1-2H3,(H,17,18). The zero-order chi connectivity index (χ0) is 13.4. The average molecular weight is 255 g/mol. The van der Waals surface area contributed by atoms with Gasteiger partial charge in [0.1, 0.15) is 0 Å². The van der Waals surface area contributed by atoms with Crippen LogP contribution in [0.2, 0.25) is 0 Å². The van der Waals surface area contributed by atoms with E-state index in [9.17, 15) is 4.79 Å². The van der Waals surface area contributed by atoms with Crippen molar-refractivity contribution in [2.24, 2.45) is 5.92 Å². The average Bonchev–Trinajstić information content (AvgIpc) is 2.57. The van der Waals surface area contributed by atoms with Gasteiger partial charge < -0.3 is 10.4 Å². The molecule has 0 radical (unpaired) electrons. The molecule has 0 amide bonds. The second-order valence-electron chi connectivity index (χ2n) is 5.93. The predicted octanol–water partition coefficient (Wildman–Crippen LogP) is 3.58. The van der Waals surface area contributed by atoms with Gasteiger partial charge in [0.2, 0.25) is 0 Å². The lowest BCUT2D eigenvalue weighted by molar-refractivity contribution is -0.141. The second-order valence-corrected chi connectivity index (χ2v) is 5.93.